The van der Waals surface area contributed by atoms with Crippen molar-refractivity contribution in [2.24, 2.45) is 0 Å². The van der Waals surface area contributed by atoms with E-state index in [1.165, 1.54) is 0 Å². The van der Waals surface area contributed by atoms with Crippen molar-refractivity contribution in [2.45, 2.75) is 6.61 Å². The van der Waals surface area contributed by atoms with Crippen LogP contribution in [0.5, 0.6) is 11.5 Å². The zero-order valence-corrected chi connectivity index (χ0v) is 15.9. The maximum atomic E-state index is 6.18. The molecule has 0 amide bonds. The zero-order valence-electron chi connectivity index (χ0n) is 15.1. The fraction of sp³-hybridized carbons (Fsp3) is 0.0909. The Morgan fingerprint density at radius 3 is 2.50 bits per heavy atom. The Morgan fingerprint density at radius 2 is 1.75 bits per heavy atom. The first kappa shape index (κ1) is 18.1. The van der Waals surface area contributed by atoms with E-state index in [9.17, 15) is 0 Å². The lowest BCUT2D eigenvalue weighted by atomic mass is 10.2. The first-order chi connectivity index (χ1) is 13.7. The van der Waals surface area contributed by atoms with Gasteiger partial charge in [-0.05, 0) is 48.0 Å². The van der Waals surface area contributed by atoms with Gasteiger partial charge in [0.1, 0.15) is 18.1 Å². The lowest BCUT2D eigenvalue weighted by Crippen LogP contribution is -1.97. The van der Waals surface area contributed by atoms with Crippen molar-refractivity contribution in [3.8, 4) is 34.3 Å². The third kappa shape index (κ3) is 4.00. The molecule has 6 heteroatoms. The summed E-state index contributed by atoms with van der Waals surface area (Å²) in [6, 6.07) is 22.7. The maximum absolute atomic E-state index is 6.18. The SMILES string of the molecule is COc1ccc(-c2noc(-c3cc(Cl)ccc3OCc3ccccc3)n2)cc1. The van der Waals surface area contributed by atoms with Crippen LogP contribution in [0.15, 0.2) is 77.3 Å². The molecular formula is C22H17ClN2O3. The first-order valence-electron chi connectivity index (χ1n) is 8.68. The first-order valence-corrected chi connectivity index (χ1v) is 9.05. The van der Waals surface area contributed by atoms with E-state index in [0.717, 1.165) is 16.9 Å². The second-order valence-corrected chi connectivity index (χ2v) is 6.50. The standard InChI is InChI=1S/C22H17ClN2O3/c1-26-18-10-7-16(8-11-18)21-24-22(28-25-21)19-13-17(23)9-12-20(19)27-14-15-5-3-2-4-6-15/h2-13H,14H2,1H3. The molecule has 0 saturated carbocycles. The molecule has 28 heavy (non-hydrogen) atoms. The molecule has 0 saturated heterocycles. The minimum absolute atomic E-state index is 0.344. The molecule has 0 aliphatic carbocycles. The molecule has 4 aromatic rings. The third-order valence-electron chi connectivity index (χ3n) is 4.18. The van der Waals surface area contributed by atoms with Gasteiger partial charge in [-0.25, -0.2) is 0 Å². The lowest BCUT2D eigenvalue weighted by Gasteiger charge is -2.09. The minimum Gasteiger partial charge on any atom is -0.497 e. The van der Waals surface area contributed by atoms with E-state index < -0.39 is 0 Å². The summed E-state index contributed by atoms with van der Waals surface area (Å²) in [5.74, 6) is 2.21. The molecule has 1 heterocycles. The van der Waals surface area contributed by atoms with Gasteiger partial charge in [-0.15, -0.1) is 0 Å². The molecule has 0 atom stereocenters. The monoisotopic (exact) mass is 392 g/mol. The fourth-order valence-electron chi connectivity index (χ4n) is 2.72. The number of ether oxygens (including phenoxy) is 2. The highest BCUT2D eigenvalue weighted by molar-refractivity contribution is 6.30. The normalized spacial score (nSPS) is 10.6. The highest BCUT2D eigenvalue weighted by atomic mass is 35.5. The molecule has 0 bridgehead atoms. The van der Waals surface area contributed by atoms with Gasteiger partial charge in [0, 0.05) is 10.6 Å². The van der Waals surface area contributed by atoms with Crippen molar-refractivity contribution in [3.63, 3.8) is 0 Å². The predicted molar refractivity (Wildman–Crippen MR) is 108 cm³/mol. The quantitative estimate of drug-likeness (QED) is 0.424. The van der Waals surface area contributed by atoms with E-state index in [-0.39, 0.29) is 0 Å². The number of hydrogen-bond acceptors (Lipinski definition) is 5. The van der Waals surface area contributed by atoms with Crippen LogP contribution >= 0.6 is 11.6 Å². The van der Waals surface area contributed by atoms with Gasteiger partial charge in [0.25, 0.3) is 5.89 Å². The Hall–Kier alpha value is -3.31. The molecule has 0 spiro atoms. The number of methoxy groups -OCH3 is 1. The Kier molecular flexibility index (Phi) is 5.26. The number of nitrogens with zero attached hydrogens (tertiary/aromatic N) is 2. The van der Waals surface area contributed by atoms with E-state index in [0.29, 0.717) is 34.7 Å². The van der Waals surface area contributed by atoms with Crippen LogP contribution in [-0.2, 0) is 6.61 Å². The number of aromatic nitrogens is 2. The molecule has 140 valence electrons. The van der Waals surface area contributed by atoms with Gasteiger partial charge in [-0.1, -0.05) is 47.1 Å². The van der Waals surface area contributed by atoms with Crippen LogP contribution in [-0.4, -0.2) is 17.3 Å². The second kappa shape index (κ2) is 8.15. The van der Waals surface area contributed by atoms with Crippen molar-refractivity contribution >= 4 is 11.6 Å². The highest BCUT2D eigenvalue weighted by Gasteiger charge is 2.16. The summed E-state index contributed by atoms with van der Waals surface area (Å²) in [4.78, 5) is 4.51. The van der Waals surface area contributed by atoms with Crippen molar-refractivity contribution in [1.82, 2.24) is 10.1 Å². The van der Waals surface area contributed by atoms with Crippen molar-refractivity contribution in [2.75, 3.05) is 7.11 Å². The van der Waals surface area contributed by atoms with Gasteiger partial charge in [0.2, 0.25) is 5.82 Å². The molecular weight excluding hydrogens is 376 g/mol. The molecule has 3 aromatic carbocycles. The predicted octanol–water partition coefficient (Wildman–Crippen LogP) is 5.64. The summed E-state index contributed by atoms with van der Waals surface area (Å²) in [5, 5.41) is 4.64. The average Bonchev–Trinajstić information content (AvgIpc) is 3.24. The number of halogens is 1. The maximum Gasteiger partial charge on any atom is 0.262 e. The van der Waals surface area contributed by atoms with E-state index in [2.05, 4.69) is 10.1 Å². The number of rotatable bonds is 6. The molecule has 0 fully saturated rings. The lowest BCUT2D eigenvalue weighted by molar-refractivity contribution is 0.306. The van der Waals surface area contributed by atoms with E-state index in [4.69, 9.17) is 25.6 Å². The topological polar surface area (TPSA) is 57.4 Å². The molecule has 0 aliphatic heterocycles. The fourth-order valence-corrected chi connectivity index (χ4v) is 2.89. The molecule has 4 rings (SSSR count). The Morgan fingerprint density at radius 1 is 0.964 bits per heavy atom. The molecule has 0 radical (unpaired) electrons. The molecule has 5 nitrogen and oxygen atoms in total. The van der Waals surface area contributed by atoms with Gasteiger partial charge in [0.05, 0.1) is 12.7 Å². The summed E-state index contributed by atoms with van der Waals surface area (Å²) in [6.07, 6.45) is 0. The zero-order chi connectivity index (χ0) is 19.3. The van der Waals surface area contributed by atoms with Crippen LogP contribution < -0.4 is 9.47 Å². The van der Waals surface area contributed by atoms with Gasteiger partial charge in [0.15, 0.2) is 0 Å². The number of hydrogen-bond donors (Lipinski definition) is 0. The van der Waals surface area contributed by atoms with Gasteiger partial charge < -0.3 is 14.0 Å². The van der Waals surface area contributed by atoms with Crippen LogP contribution in [0.3, 0.4) is 0 Å². The van der Waals surface area contributed by atoms with Crippen LogP contribution in [0.1, 0.15) is 5.56 Å². The van der Waals surface area contributed by atoms with Crippen LogP contribution in [0.2, 0.25) is 5.02 Å². The molecule has 0 N–H and O–H groups in total. The van der Waals surface area contributed by atoms with E-state index in [1.54, 1.807) is 25.3 Å². The summed E-state index contributed by atoms with van der Waals surface area (Å²) in [5.41, 5.74) is 2.54. The molecule has 0 aliphatic rings. The highest BCUT2D eigenvalue weighted by Crippen LogP contribution is 2.33. The molecule has 1 aromatic heterocycles. The van der Waals surface area contributed by atoms with E-state index >= 15 is 0 Å². The van der Waals surface area contributed by atoms with Crippen molar-refractivity contribution in [3.05, 3.63) is 83.4 Å². The Balaban J connectivity index is 1.61. The molecule has 0 unspecified atom stereocenters. The Bertz CT molecular complexity index is 1060. The summed E-state index contributed by atoms with van der Waals surface area (Å²) in [6.45, 7) is 0.426. The van der Waals surface area contributed by atoms with Gasteiger partial charge in [-0.2, -0.15) is 4.98 Å². The van der Waals surface area contributed by atoms with Crippen LogP contribution in [0.4, 0.5) is 0 Å². The van der Waals surface area contributed by atoms with Gasteiger partial charge >= 0.3 is 0 Å². The van der Waals surface area contributed by atoms with Crippen LogP contribution in [0.25, 0.3) is 22.8 Å². The average molecular weight is 393 g/mol. The smallest absolute Gasteiger partial charge is 0.262 e. The van der Waals surface area contributed by atoms with Crippen LogP contribution in [0, 0.1) is 0 Å². The second-order valence-electron chi connectivity index (χ2n) is 6.07. The van der Waals surface area contributed by atoms with E-state index in [1.807, 2.05) is 54.6 Å². The minimum atomic E-state index is 0.344. The summed E-state index contributed by atoms with van der Waals surface area (Å²) >= 11 is 6.18. The summed E-state index contributed by atoms with van der Waals surface area (Å²) < 4.78 is 16.6. The Labute approximate surface area is 167 Å². The number of benzene rings is 3. The van der Waals surface area contributed by atoms with Crippen molar-refractivity contribution in [1.29, 1.82) is 0 Å². The summed E-state index contributed by atoms with van der Waals surface area (Å²) in [7, 11) is 1.62. The van der Waals surface area contributed by atoms with Crippen molar-refractivity contribution < 1.29 is 14.0 Å². The van der Waals surface area contributed by atoms with Gasteiger partial charge in [-0.3, -0.25) is 0 Å². The third-order valence-corrected chi connectivity index (χ3v) is 4.42. The largest absolute Gasteiger partial charge is 0.497 e.